The highest BCUT2D eigenvalue weighted by Gasteiger charge is 2.40. The topological polar surface area (TPSA) is 103 Å². The molecule has 192 valence electrons. The van der Waals surface area contributed by atoms with Gasteiger partial charge >= 0.3 is 5.69 Å². The molecular weight excluding hydrogens is 472 g/mol. The van der Waals surface area contributed by atoms with Crippen LogP contribution < -0.4 is 20.7 Å². The highest BCUT2D eigenvalue weighted by molar-refractivity contribution is 5.49. The Labute approximate surface area is 214 Å². The van der Waals surface area contributed by atoms with Gasteiger partial charge in [-0.3, -0.25) is 14.3 Å². The number of aromatic amines is 1. The summed E-state index contributed by atoms with van der Waals surface area (Å²) in [7, 11) is 3.22. The van der Waals surface area contributed by atoms with E-state index in [0.717, 1.165) is 16.7 Å². The Morgan fingerprint density at radius 1 is 0.811 bits per heavy atom. The first-order chi connectivity index (χ1) is 17.9. The molecule has 0 bridgehead atoms. The van der Waals surface area contributed by atoms with Crippen molar-refractivity contribution in [2.75, 3.05) is 14.2 Å². The number of aliphatic hydroxyl groups excluding tert-OH is 1. The number of ether oxygens (including phenoxy) is 3. The van der Waals surface area contributed by atoms with Crippen molar-refractivity contribution in [3.05, 3.63) is 129 Å². The van der Waals surface area contributed by atoms with Gasteiger partial charge in [-0.1, -0.05) is 54.6 Å². The average molecular weight is 503 g/mol. The van der Waals surface area contributed by atoms with Crippen molar-refractivity contribution in [3.8, 4) is 11.5 Å². The molecule has 1 heterocycles. The molecule has 4 rings (SSSR count). The number of H-pyrrole nitrogens is 1. The zero-order valence-corrected chi connectivity index (χ0v) is 21.0. The Balaban J connectivity index is 1.82. The van der Waals surface area contributed by atoms with Gasteiger partial charge in [-0.15, -0.1) is 0 Å². The van der Waals surface area contributed by atoms with Gasteiger partial charge < -0.3 is 19.3 Å². The molecule has 37 heavy (non-hydrogen) atoms. The van der Waals surface area contributed by atoms with Gasteiger partial charge in [-0.05, 0) is 47.9 Å². The minimum absolute atomic E-state index is 0.0626. The zero-order valence-electron chi connectivity index (χ0n) is 21.0. The maximum Gasteiger partial charge on any atom is 0.328 e. The molecule has 0 aliphatic carbocycles. The largest absolute Gasteiger partial charge is 0.497 e. The second-order valence-electron chi connectivity index (χ2n) is 8.66. The first-order valence-corrected chi connectivity index (χ1v) is 11.9. The zero-order chi connectivity index (χ0) is 26.4. The number of hydrogen-bond donors (Lipinski definition) is 2. The summed E-state index contributed by atoms with van der Waals surface area (Å²) in [6.07, 6.45) is -0.444. The van der Waals surface area contributed by atoms with Crippen LogP contribution in [0.2, 0.25) is 0 Å². The second-order valence-corrected chi connectivity index (χ2v) is 8.66. The molecule has 2 atom stereocenters. The van der Waals surface area contributed by atoms with Crippen LogP contribution in [0, 0.1) is 0 Å². The van der Waals surface area contributed by atoms with Crippen LogP contribution >= 0.6 is 0 Å². The number of methoxy groups -OCH3 is 2. The van der Waals surface area contributed by atoms with E-state index < -0.39 is 29.1 Å². The molecule has 0 saturated heterocycles. The van der Waals surface area contributed by atoms with Crippen LogP contribution in [-0.2, 0) is 16.9 Å². The van der Waals surface area contributed by atoms with Crippen LogP contribution in [0.15, 0.2) is 101 Å². The quantitative estimate of drug-likeness (QED) is 0.323. The monoisotopic (exact) mass is 502 g/mol. The molecule has 0 unspecified atom stereocenters. The van der Waals surface area contributed by atoms with Gasteiger partial charge in [0.25, 0.3) is 5.56 Å². The molecule has 0 saturated carbocycles. The van der Waals surface area contributed by atoms with E-state index in [9.17, 15) is 14.7 Å². The molecule has 8 heteroatoms. The molecule has 8 nitrogen and oxygen atoms in total. The van der Waals surface area contributed by atoms with Crippen molar-refractivity contribution >= 4 is 0 Å². The highest BCUT2D eigenvalue weighted by atomic mass is 16.5. The minimum atomic E-state index is -1.11. The van der Waals surface area contributed by atoms with E-state index in [1.165, 1.54) is 16.8 Å². The van der Waals surface area contributed by atoms with E-state index in [0.29, 0.717) is 11.5 Å². The fourth-order valence-electron chi connectivity index (χ4n) is 4.32. The van der Waals surface area contributed by atoms with Crippen LogP contribution in [0.25, 0.3) is 0 Å². The van der Waals surface area contributed by atoms with Crippen LogP contribution in [0.4, 0.5) is 0 Å². The molecular formula is C29H30N2O6. The van der Waals surface area contributed by atoms with E-state index in [1.54, 1.807) is 21.1 Å². The predicted molar refractivity (Wildman–Crippen MR) is 140 cm³/mol. The number of nitrogens with one attached hydrogen (secondary N) is 1. The lowest BCUT2D eigenvalue weighted by Gasteiger charge is -2.39. The Bertz CT molecular complexity index is 1360. The maximum atomic E-state index is 12.2. The van der Waals surface area contributed by atoms with E-state index in [-0.39, 0.29) is 6.54 Å². The molecule has 3 aromatic carbocycles. The van der Waals surface area contributed by atoms with E-state index in [4.69, 9.17) is 14.2 Å². The first-order valence-electron chi connectivity index (χ1n) is 11.9. The summed E-state index contributed by atoms with van der Waals surface area (Å²) in [4.78, 5) is 25.8. The SMILES string of the molecule is COc1ccc(C(O[C@H](C)[C@@H](O)Cn2ccc(=O)[nH]c2=O)(c2ccccc2)c2ccc(OC)cc2)cc1. The van der Waals surface area contributed by atoms with Gasteiger partial charge in [0.1, 0.15) is 17.1 Å². The van der Waals surface area contributed by atoms with Crippen molar-refractivity contribution in [2.45, 2.75) is 31.3 Å². The number of benzene rings is 3. The van der Waals surface area contributed by atoms with Crippen molar-refractivity contribution in [3.63, 3.8) is 0 Å². The predicted octanol–water partition coefficient (Wildman–Crippen LogP) is 3.31. The van der Waals surface area contributed by atoms with Crippen LogP contribution in [0.3, 0.4) is 0 Å². The molecule has 0 fully saturated rings. The Morgan fingerprint density at radius 2 is 1.32 bits per heavy atom. The number of aliphatic hydroxyl groups is 1. The smallest absolute Gasteiger partial charge is 0.328 e. The number of hydrogen-bond acceptors (Lipinski definition) is 6. The summed E-state index contributed by atoms with van der Waals surface area (Å²) in [6, 6.07) is 26.2. The van der Waals surface area contributed by atoms with E-state index >= 15 is 0 Å². The number of nitrogens with zero attached hydrogens (tertiary/aromatic N) is 1. The average Bonchev–Trinajstić information content (AvgIpc) is 2.93. The number of rotatable bonds is 10. The summed E-state index contributed by atoms with van der Waals surface area (Å²) >= 11 is 0. The van der Waals surface area contributed by atoms with Gasteiger partial charge in [-0.2, -0.15) is 0 Å². The first kappa shape index (κ1) is 25.9. The number of aromatic nitrogens is 2. The summed E-state index contributed by atoms with van der Waals surface area (Å²) in [5.41, 5.74) is 0.289. The van der Waals surface area contributed by atoms with Crippen molar-refractivity contribution in [2.24, 2.45) is 0 Å². The fraction of sp³-hybridized carbons (Fsp3) is 0.241. The van der Waals surface area contributed by atoms with Crippen molar-refractivity contribution < 1.29 is 19.3 Å². The van der Waals surface area contributed by atoms with Gasteiger partial charge in [0.2, 0.25) is 0 Å². The summed E-state index contributed by atoms with van der Waals surface area (Å²) in [5.74, 6) is 1.40. The Hall–Kier alpha value is -4.14. The third-order valence-corrected chi connectivity index (χ3v) is 6.36. The summed E-state index contributed by atoms with van der Waals surface area (Å²) in [5, 5.41) is 11.1. The highest BCUT2D eigenvalue weighted by Crippen LogP contribution is 2.42. The van der Waals surface area contributed by atoms with Crippen LogP contribution in [-0.4, -0.2) is 41.1 Å². The molecule has 0 spiro atoms. The lowest BCUT2D eigenvalue weighted by Crippen LogP contribution is -2.43. The minimum Gasteiger partial charge on any atom is -0.497 e. The Morgan fingerprint density at radius 3 is 1.81 bits per heavy atom. The molecule has 4 aromatic rings. The summed E-state index contributed by atoms with van der Waals surface area (Å²) in [6.45, 7) is 1.69. The van der Waals surface area contributed by atoms with Crippen LogP contribution in [0.1, 0.15) is 23.6 Å². The maximum absolute atomic E-state index is 12.2. The van der Waals surface area contributed by atoms with Gasteiger partial charge in [-0.25, -0.2) is 4.79 Å². The summed E-state index contributed by atoms with van der Waals surface area (Å²) < 4.78 is 18.8. The lowest BCUT2D eigenvalue weighted by molar-refractivity contribution is -0.0972. The second kappa shape index (κ2) is 11.3. The van der Waals surface area contributed by atoms with Gasteiger partial charge in [0.15, 0.2) is 0 Å². The molecule has 0 aliphatic rings. The molecule has 2 N–H and O–H groups in total. The van der Waals surface area contributed by atoms with E-state index in [2.05, 4.69) is 4.98 Å². The standard InChI is InChI=1S/C29H30N2O6/c1-20(26(32)19-31-18-17-27(33)30-28(31)34)37-29(21-7-5-4-6-8-21,22-9-13-24(35-2)14-10-22)23-11-15-25(36-3)16-12-23/h4-18,20,26,32H,19H2,1-3H3,(H,30,33,34)/t20-,26+/m1/s1. The molecule has 0 radical (unpaired) electrons. The van der Waals surface area contributed by atoms with Crippen molar-refractivity contribution in [1.29, 1.82) is 0 Å². The third kappa shape index (κ3) is 5.50. The van der Waals surface area contributed by atoms with Crippen LogP contribution in [0.5, 0.6) is 11.5 Å². The van der Waals surface area contributed by atoms with Crippen molar-refractivity contribution in [1.82, 2.24) is 9.55 Å². The molecule has 0 aliphatic heterocycles. The third-order valence-electron chi connectivity index (χ3n) is 6.36. The molecule has 0 amide bonds. The van der Waals surface area contributed by atoms with Gasteiger partial charge in [0.05, 0.1) is 33.0 Å². The van der Waals surface area contributed by atoms with E-state index in [1.807, 2.05) is 78.9 Å². The fourth-order valence-corrected chi connectivity index (χ4v) is 4.32. The Kier molecular flexibility index (Phi) is 7.91. The normalized spacial score (nSPS) is 13.1. The van der Waals surface area contributed by atoms with Gasteiger partial charge in [0, 0.05) is 12.3 Å². The lowest BCUT2D eigenvalue weighted by atomic mass is 9.79. The molecule has 1 aromatic heterocycles.